The number of benzene rings is 1. The third kappa shape index (κ3) is 3.04. The summed E-state index contributed by atoms with van der Waals surface area (Å²) < 4.78 is 7.63. The number of halogens is 1. The van der Waals surface area contributed by atoms with Crippen molar-refractivity contribution in [2.45, 2.75) is 38.0 Å². The number of hydrogen-bond acceptors (Lipinski definition) is 6. The van der Waals surface area contributed by atoms with Crippen molar-refractivity contribution < 1.29 is 4.52 Å². The summed E-state index contributed by atoms with van der Waals surface area (Å²) in [7, 11) is 0. The molecule has 152 valence electrons. The Morgan fingerprint density at radius 2 is 2.13 bits per heavy atom. The molecule has 0 bridgehead atoms. The number of fused-ring (bicyclic) bond motifs is 3. The maximum Gasteiger partial charge on any atom is 0.278 e. The lowest BCUT2D eigenvalue weighted by Crippen LogP contribution is -2.10. The zero-order valence-corrected chi connectivity index (χ0v) is 17.1. The maximum absolute atomic E-state index is 6.36. The standard InChI is InChI=1S/C22H21ClN6O/c23-15-5-6-17-16(8-15)19(25-10-12-1-2-12)14(9-24)7-18-20(26-11-29(17)18)22-27-21(28-30-22)13-3-4-13/h5-6,8-9,11-13H,1-4,7,10,24H2/b14-9-,25-19?. The normalized spacial score (nSPS) is 21.0. The second-order valence-corrected chi connectivity index (χ2v) is 8.74. The fourth-order valence-electron chi connectivity index (χ4n) is 3.96. The molecular weight excluding hydrogens is 400 g/mol. The van der Waals surface area contributed by atoms with Gasteiger partial charge in [-0.25, -0.2) is 4.98 Å². The van der Waals surface area contributed by atoms with Gasteiger partial charge in [-0.3, -0.25) is 4.99 Å². The fraction of sp³-hybridized carbons (Fsp3) is 0.364. The van der Waals surface area contributed by atoms with E-state index < -0.39 is 0 Å². The van der Waals surface area contributed by atoms with Gasteiger partial charge in [-0.2, -0.15) is 4.98 Å². The number of hydrogen-bond donors (Lipinski definition) is 1. The van der Waals surface area contributed by atoms with Crippen molar-refractivity contribution in [1.82, 2.24) is 19.7 Å². The summed E-state index contributed by atoms with van der Waals surface area (Å²) in [4.78, 5) is 14.2. The zero-order valence-electron chi connectivity index (χ0n) is 16.4. The van der Waals surface area contributed by atoms with Crippen LogP contribution >= 0.6 is 11.6 Å². The van der Waals surface area contributed by atoms with Crippen LogP contribution in [0.15, 0.2) is 45.8 Å². The minimum absolute atomic E-state index is 0.423. The Hall–Kier alpha value is -2.93. The van der Waals surface area contributed by atoms with Crippen molar-refractivity contribution >= 4 is 17.3 Å². The summed E-state index contributed by atoms with van der Waals surface area (Å²) >= 11 is 6.36. The molecule has 3 aliphatic rings. The molecule has 2 aromatic heterocycles. The Labute approximate surface area is 178 Å². The third-order valence-electron chi connectivity index (χ3n) is 5.99. The summed E-state index contributed by atoms with van der Waals surface area (Å²) in [6.07, 6.45) is 8.75. The van der Waals surface area contributed by atoms with E-state index in [4.69, 9.17) is 26.9 Å². The van der Waals surface area contributed by atoms with E-state index in [2.05, 4.69) is 19.7 Å². The summed E-state index contributed by atoms with van der Waals surface area (Å²) in [5.41, 5.74) is 11.5. The predicted molar refractivity (Wildman–Crippen MR) is 114 cm³/mol. The molecule has 2 N–H and O–H groups in total. The average molecular weight is 421 g/mol. The van der Waals surface area contributed by atoms with E-state index in [1.54, 1.807) is 12.5 Å². The molecule has 0 amide bonds. The van der Waals surface area contributed by atoms with E-state index in [0.717, 1.165) is 53.4 Å². The Bertz CT molecular complexity index is 1200. The predicted octanol–water partition coefficient (Wildman–Crippen LogP) is 4.05. The van der Waals surface area contributed by atoms with Crippen LogP contribution in [-0.4, -0.2) is 31.9 Å². The molecule has 0 saturated heterocycles. The number of aliphatic imine (C=N–C) groups is 1. The van der Waals surface area contributed by atoms with Gasteiger partial charge in [0.1, 0.15) is 6.33 Å². The Morgan fingerprint density at radius 1 is 1.27 bits per heavy atom. The number of nitrogens with zero attached hydrogens (tertiary/aromatic N) is 5. The molecule has 2 saturated carbocycles. The quantitative estimate of drug-likeness (QED) is 0.686. The van der Waals surface area contributed by atoms with Crippen molar-refractivity contribution in [1.29, 1.82) is 0 Å². The van der Waals surface area contributed by atoms with E-state index in [0.29, 0.717) is 34.9 Å². The number of aromatic nitrogens is 4. The van der Waals surface area contributed by atoms with Crippen LogP contribution in [0.2, 0.25) is 5.02 Å². The number of nitrogens with two attached hydrogens (primary N) is 1. The number of allylic oxidation sites excluding steroid dienone is 1. The van der Waals surface area contributed by atoms with Crippen molar-refractivity contribution in [3.8, 4) is 17.3 Å². The smallest absolute Gasteiger partial charge is 0.278 e. The van der Waals surface area contributed by atoms with Crippen molar-refractivity contribution in [3.63, 3.8) is 0 Å². The molecule has 7 nitrogen and oxygen atoms in total. The summed E-state index contributed by atoms with van der Waals surface area (Å²) in [6, 6.07) is 5.85. The van der Waals surface area contributed by atoms with Crippen LogP contribution in [0, 0.1) is 5.92 Å². The highest BCUT2D eigenvalue weighted by Crippen LogP contribution is 2.40. The number of rotatable bonds is 4. The summed E-state index contributed by atoms with van der Waals surface area (Å²) in [5.74, 6) is 2.33. The minimum Gasteiger partial charge on any atom is -0.404 e. The lowest BCUT2D eigenvalue weighted by Gasteiger charge is -2.11. The van der Waals surface area contributed by atoms with Gasteiger partial charge >= 0.3 is 0 Å². The van der Waals surface area contributed by atoms with Gasteiger partial charge < -0.3 is 14.8 Å². The molecule has 0 unspecified atom stereocenters. The molecule has 1 aliphatic heterocycles. The average Bonchev–Trinajstić information content (AvgIpc) is 3.68. The summed E-state index contributed by atoms with van der Waals surface area (Å²) in [6.45, 7) is 0.813. The molecule has 3 aromatic rings. The third-order valence-corrected chi connectivity index (χ3v) is 6.23. The Balaban J connectivity index is 1.50. The Kier molecular flexibility index (Phi) is 4.06. The van der Waals surface area contributed by atoms with E-state index in [1.807, 2.05) is 18.2 Å². The van der Waals surface area contributed by atoms with E-state index in [-0.39, 0.29) is 0 Å². The molecule has 0 spiro atoms. The molecular formula is C22H21ClN6O. The highest BCUT2D eigenvalue weighted by molar-refractivity contribution is 6.31. The second kappa shape index (κ2) is 6.80. The van der Waals surface area contributed by atoms with Crippen LogP contribution in [0.25, 0.3) is 17.3 Å². The monoisotopic (exact) mass is 420 g/mol. The van der Waals surface area contributed by atoms with Gasteiger partial charge in [-0.1, -0.05) is 16.8 Å². The molecule has 2 fully saturated rings. The first-order valence-electron chi connectivity index (χ1n) is 10.4. The van der Waals surface area contributed by atoms with Crippen LogP contribution < -0.4 is 5.73 Å². The van der Waals surface area contributed by atoms with Gasteiger partial charge in [0.2, 0.25) is 0 Å². The Morgan fingerprint density at radius 3 is 2.90 bits per heavy atom. The molecule has 3 heterocycles. The van der Waals surface area contributed by atoms with Gasteiger partial charge in [0.25, 0.3) is 5.89 Å². The first-order chi connectivity index (χ1) is 14.7. The molecule has 0 atom stereocenters. The van der Waals surface area contributed by atoms with Gasteiger partial charge in [0, 0.05) is 29.5 Å². The fourth-order valence-corrected chi connectivity index (χ4v) is 4.13. The highest BCUT2D eigenvalue weighted by atomic mass is 35.5. The van der Waals surface area contributed by atoms with Gasteiger partial charge in [0.05, 0.1) is 17.1 Å². The molecule has 1 aromatic carbocycles. The first-order valence-corrected chi connectivity index (χ1v) is 10.7. The maximum atomic E-state index is 6.36. The minimum atomic E-state index is 0.423. The molecule has 2 aliphatic carbocycles. The lowest BCUT2D eigenvalue weighted by atomic mass is 9.99. The molecule has 8 heteroatoms. The van der Waals surface area contributed by atoms with Crippen molar-refractivity contribution in [2.75, 3.05) is 6.54 Å². The molecule has 30 heavy (non-hydrogen) atoms. The van der Waals surface area contributed by atoms with Crippen molar-refractivity contribution in [2.24, 2.45) is 16.6 Å². The van der Waals surface area contributed by atoms with Crippen LogP contribution in [-0.2, 0) is 6.42 Å². The zero-order chi connectivity index (χ0) is 20.2. The summed E-state index contributed by atoms with van der Waals surface area (Å²) in [5, 5.41) is 4.82. The van der Waals surface area contributed by atoms with Gasteiger partial charge in [-0.05, 0) is 61.6 Å². The second-order valence-electron chi connectivity index (χ2n) is 8.30. The van der Waals surface area contributed by atoms with Gasteiger partial charge in [0.15, 0.2) is 11.5 Å². The van der Waals surface area contributed by atoms with Crippen molar-refractivity contribution in [3.05, 3.63) is 58.4 Å². The van der Waals surface area contributed by atoms with Crippen LogP contribution in [0.5, 0.6) is 0 Å². The van der Waals surface area contributed by atoms with Crippen LogP contribution in [0.4, 0.5) is 0 Å². The largest absolute Gasteiger partial charge is 0.404 e. The highest BCUT2D eigenvalue weighted by Gasteiger charge is 2.32. The number of imidazole rings is 1. The SMILES string of the molecule is N/C=C1/Cc2c(-c3nc(C4CC4)no3)ncn2-c2ccc(Cl)cc2C1=NCC1CC1. The van der Waals surface area contributed by atoms with Crippen LogP contribution in [0.3, 0.4) is 0 Å². The van der Waals surface area contributed by atoms with Crippen LogP contribution in [0.1, 0.15) is 48.7 Å². The van der Waals surface area contributed by atoms with Gasteiger partial charge in [-0.15, -0.1) is 0 Å². The molecule has 0 radical (unpaired) electrons. The first kappa shape index (κ1) is 17.9. The van der Waals surface area contributed by atoms with E-state index >= 15 is 0 Å². The van der Waals surface area contributed by atoms with E-state index in [1.165, 1.54) is 12.8 Å². The topological polar surface area (TPSA) is 95.1 Å². The van der Waals surface area contributed by atoms with E-state index in [9.17, 15) is 0 Å². The molecule has 6 rings (SSSR count). The lowest BCUT2D eigenvalue weighted by molar-refractivity contribution is 0.421.